The SMILES string of the molecule is Clc1ccc(Br)cc1C(Br)Cc1ccc(Br)cc1. The molecule has 0 aliphatic carbocycles. The van der Waals surface area contributed by atoms with Gasteiger partial charge in [0.05, 0.1) is 0 Å². The van der Waals surface area contributed by atoms with Crippen LogP contribution in [0.1, 0.15) is 16.0 Å². The molecule has 2 rings (SSSR count). The first-order chi connectivity index (χ1) is 8.56. The molecule has 0 saturated heterocycles. The maximum absolute atomic E-state index is 6.22. The zero-order valence-corrected chi connectivity index (χ0v) is 14.9. The van der Waals surface area contributed by atoms with Gasteiger partial charge < -0.3 is 0 Å². The Morgan fingerprint density at radius 3 is 2.22 bits per heavy atom. The minimum absolute atomic E-state index is 0.212. The van der Waals surface area contributed by atoms with Gasteiger partial charge in [0.1, 0.15) is 0 Å². The predicted molar refractivity (Wildman–Crippen MR) is 88.7 cm³/mol. The molecule has 0 aliphatic rings. The van der Waals surface area contributed by atoms with Gasteiger partial charge in [-0.25, -0.2) is 0 Å². The van der Waals surface area contributed by atoms with E-state index in [2.05, 4.69) is 78.1 Å². The predicted octanol–water partition coefficient (Wildman–Crippen LogP) is 6.54. The topological polar surface area (TPSA) is 0 Å². The molecular formula is C14H10Br3Cl. The second-order valence-corrected chi connectivity index (χ2v) is 7.31. The first kappa shape index (κ1) is 14.6. The van der Waals surface area contributed by atoms with E-state index in [1.807, 2.05) is 12.1 Å². The Kier molecular flexibility index (Phi) is 5.31. The Hall–Kier alpha value is 0.170. The van der Waals surface area contributed by atoms with E-state index < -0.39 is 0 Å². The molecule has 1 atom stereocenters. The Bertz CT molecular complexity index is 537. The van der Waals surface area contributed by atoms with E-state index in [4.69, 9.17) is 11.6 Å². The highest BCUT2D eigenvalue weighted by Gasteiger charge is 2.12. The molecule has 1 unspecified atom stereocenters. The van der Waals surface area contributed by atoms with E-state index in [-0.39, 0.29) is 4.83 Å². The average molecular weight is 453 g/mol. The molecule has 0 fully saturated rings. The van der Waals surface area contributed by atoms with Crippen molar-refractivity contribution in [3.05, 3.63) is 67.6 Å². The minimum atomic E-state index is 0.212. The molecule has 2 aromatic rings. The average Bonchev–Trinajstić information content (AvgIpc) is 2.35. The van der Waals surface area contributed by atoms with Gasteiger partial charge in [-0.3, -0.25) is 0 Å². The molecular weight excluding hydrogens is 443 g/mol. The van der Waals surface area contributed by atoms with Crippen molar-refractivity contribution in [3.8, 4) is 0 Å². The van der Waals surface area contributed by atoms with Crippen molar-refractivity contribution in [1.82, 2.24) is 0 Å². The van der Waals surface area contributed by atoms with E-state index in [9.17, 15) is 0 Å². The van der Waals surface area contributed by atoms with Crippen molar-refractivity contribution in [2.45, 2.75) is 11.2 Å². The molecule has 0 saturated carbocycles. The third kappa shape index (κ3) is 3.83. The second kappa shape index (κ2) is 6.56. The van der Waals surface area contributed by atoms with Crippen LogP contribution in [0.25, 0.3) is 0 Å². The molecule has 0 N–H and O–H groups in total. The summed E-state index contributed by atoms with van der Waals surface area (Å²) in [6.07, 6.45) is 0.906. The van der Waals surface area contributed by atoms with Crippen LogP contribution in [0, 0.1) is 0 Å². The molecule has 18 heavy (non-hydrogen) atoms. The van der Waals surface area contributed by atoms with Crippen LogP contribution in [0.3, 0.4) is 0 Å². The molecule has 0 radical (unpaired) electrons. The Balaban J connectivity index is 2.18. The highest BCUT2D eigenvalue weighted by Crippen LogP contribution is 2.34. The van der Waals surface area contributed by atoms with Gasteiger partial charge in [-0.05, 0) is 47.9 Å². The Morgan fingerprint density at radius 1 is 0.944 bits per heavy atom. The summed E-state index contributed by atoms with van der Waals surface area (Å²) in [5.41, 5.74) is 2.38. The maximum atomic E-state index is 6.22. The van der Waals surface area contributed by atoms with Crippen molar-refractivity contribution in [3.63, 3.8) is 0 Å². The van der Waals surface area contributed by atoms with Crippen LogP contribution in [0.15, 0.2) is 51.4 Å². The largest absolute Gasteiger partial charge is 0.0840 e. The highest BCUT2D eigenvalue weighted by atomic mass is 79.9. The highest BCUT2D eigenvalue weighted by molar-refractivity contribution is 9.10. The molecule has 0 nitrogen and oxygen atoms in total. The number of hydrogen-bond acceptors (Lipinski definition) is 0. The van der Waals surface area contributed by atoms with E-state index in [0.717, 1.165) is 26.0 Å². The van der Waals surface area contributed by atoms with Crippen LogP contribution < -0.4 is 0 Å². The van der Waals surface area contributed by atoms with Gasteiger partial charge in [0.25, 0.3) is 0 Å². The van der Waals surface area contributed by atoms with Gasteiger partial charge in [-0.2, -0.15) is 0 Å². The van der Waals surface area contributed by atoms with Crippen molar-refractivity contribution >= 4 is 59.4 Å². The fraction of sp³-hybridized carbons (Fsp3) is 0.143. The zero-order chi connectivity index (χ0) is 13.1. The molecule has 0 spiro atoms. The fourth-order valence-corrected chi connectivity index (χ4v) is 3.47. The smallest absolute Gasteiger partial charge is 0.0450 e. The monoisotopic (exact) mass is 450 g/mol. The van der Waals surface area contributed by atoms with Crippen LogP contribution in [0.2, 0.25) is 5.02 Å². The molecule has 0 amide bonds. The van der Waals surface area contributed by atoms with E-state index in [1.165, 1.54) is 5.56 Å². The summed E-state index contributed by atoms with van der Waals surface area (Å²) >= 11 is 16.8. The van der Waals surface area contributed by atoms with E-state index in [0.29, 0.717) is 0 Å². The lowest BCUT2D eigenvalue weighted by Crippen LogP contribution is -1.96. The Morgan fingerprint density at radius 2 is 1.56 bits per heavy atom. The van der Waals surface area contributed by atoms with Crippen molar-refractivity contribution < 1.29 is 0 Å². The molecule has 0 aliphatic heterocycles. The molecule has 4 heteroatoms. The third-order valence-corrected chi connectivity index (χ3v) is 4.81. The first-order valence-corrected chi connectivity index (χ1v) is 8.27. The van der Waals surface area contributed by atoms with Crippen LogP contribution in [0.4, 0.5) is 0 Å². The standard InChI is InChI=1S/C14H10Br3Cl/c15-10-3-1-9(2-4-10)7-13(17)12-8-11(16)5-6-14(12)18/h1-6,8,13H,7H2. The van der Waals surface area contributed by atoms with Gasteiger partial charge in [-0.15, -0.1) is 0 Å². The quantitative estimate of drug-likeness (QED) is 0.463. The van der Waals surface area contributed by atoms with E-state index in [1.54, 1.807) is 0 Å². The van der Waals surface area contributed by atoms with Crippen molar-refractivity contribution in [2.24, 2.45) is 0 Å². The summed E-state index contributed by atoms with van der Waals surface area (Å²) < 4.78 is 2.14. The second-order valence-electron chi connectivity index (χ2n) is 3.96. The van der Waals surface area contributed by atoms with Gasteiger partial charge in [-0.1, -0.05) is 71.5 Å². The Labute approximate surface area is 137 Å². The van der Waals surface area contributed by atoms with Gasteiger partial charge in [0, 0.05) is 18.8 Å². The molecule has 2 aromatic carbocycles. The number of halogens is 4. The van der Waals surface area contributed by atoms with Crippen molar-refractivity contribution in [1.29, 1.82) is 0 Å². The number of rotatable bonds is 3. The normalized spacial score (nSPS) is 12.4. The summed E-state index contributed by atoms with van der Waals surface area (Å²) in [6.45, 7) is 0. The first-order valence-electron chi connectivity index (χ1n) is 5.40. The molecule has 0 heterocycles. The molecule has 0 bridgehead atoms. The lowest BCUT2D eigenvalue weighted by Gasteiger charge is -2.12. The number of alkyl halides is 1. The maximum Gasteiger partial charge on any atom is 0.0450 e. The van der Waals surface area contributed by atoms with Crippen molar-refractivity contribution in [2.75, 3.05) is 0 Å². The van der Waals surface area contributed by atoms with Crippen LogP contribution >= 0.6 is 59.4 Å². The van der Waals surface area contributed by atoms with Crippen LogP contribution in [-0.4, -0.2) is 0 Å². The number of benzene rings is 2. The summed E-state index contributed by atoms with van der Waals surface area (Å²) in [5, 5.41) is 0.789. The molecule has 0 aromatic heterocycles. The van der Waals surface area contributed by atoms with Gasteiger partial charge >= 0.3 is 0 Å². The molecule has 94 valence electrons. The lowest BCUT2D eigenvalue weighted by atomic mass is 10.0. The summed E-state index contributed by atoms with van der Waals surface area (Å²) in [5.74, 6) is 0. The summed E-state index contributed by atoms with van der Waals surface area (Å²) in [4.78, 5) is 0.212. The van der Waals surface area contributed by atoms with E-state index >= 15 is 0 Å². The summed E-state index contributed by atoms with van der Waals surface area (Å²) in [6, 6.07) is 14.3. The minimum Gasteiger partial charge on any atom is -0.0840 e. The lowest BCUT2D eigenvalue weighted by molar-refractivity contribution is 0.948. The third-order valence-electron chi connectivity index (χ3n) is 2.62. The van der Waals surface area contributed by atoms with Gasteiger partial charge in [0.15, 0.2) is 0 Å². The zero-order valence-electron chi connectivity index (χ0n) is 9.34. The van der Waals surface area contributed by atoms with Gasteiger partial charge in [0.2, 0.25) is 0 Å². The van der Waals surface area contributed by atoms with Crippen LogP contribution in [0.5, 0.6) is 0 Å². The fourth-order valence-electron chi connectivity index (χ4n) is 1.69. The number of hydrogen-bond donors (Lipinski definition) is 0. The van der Waals surface area contributed by atoms with Crippen LogP contribution in [-0.2, 0) is 6.42 Å². The summed E-state index contributed by atoms with van der Waals surface area (Å²) in [7, 11) is 0.